The van der Waals surface area contributed by atoms with E-state index in [2.05, 4.69) is 48.4 Å². The van der Waals surface area contributed by atoms with E-state index < -0.39 is 5.97 Å². The Morgan fingerprint density at radius 1 is 0.978 bits per heavy atom. The molecule has 2 aliphatic rings. The molecule has 0 saturated carbocycles. The number of likely N-dealkylation sites (tertiary alicyclic amines) is 1. The molecule has 1 aliphatic heterocycles. The van der Waals surface area contributed by atoms with Gasteiger partial charge in [-0.1, -0.05) is 44.2 Å². The number of pyridine rings is 1. The second-order valence-electron chi connectivity index (χ2n) is 11.7. The van der Waals surface area contributed by atoms with Crippen molar-refractivity contribution in [2.45, 2.75) is 71.3 Å². The van der Waals surface area contributed by atoms with Gasteiger partial charge < -0.3 is 19.5 Å². The lowest BCUT2D eigenvalue weighted by Crippen LogP contribution is -2.38. The number of fused-ring (bicyclic) bond motifs is 1. The van der Waals surface area contributed by atoms with Gasteiger partial charge in [-0.25, -0.2) is 19.3 Å². The molecule has 9 heteroatoms. The molecule has 2 aromatic carbocycles. The maximum atomic E-state index is 12.2. The second-order valence-corrected chi connectivity index (χ2v) is 11.7. The van der Waals surface area contributed by atoms with Gasteiger partial charge in [-0.05, 0) is 92.3 Å². The number of hydrogen-bond acceptors (Lipinski definition) is 6. The van der Waals surface area contributed by atoms with Gasteiger partial charge in [-0.15, -0.1) is 0 Å². The number of ether oxygens (including phenoxy) is 2. The zero-order chi connectivity index (χ0) is 31.5. The molecular weight excluding hydrogens is 568 g/mol. The predicted octanol–water partition coefficient (Wildman–Crippen LogP) is 7.16. The Hall–Kier alpha value is -4.66. The number of rotatable bonds is 9. The van der Waals surface area contributed by atoms with Crippen LogP contribution >= 0.6 is 0 Å². The van der Waals surface area contributed by atoms with Gasteiger partial charge in [0.15, 0.2) is 5.82 Å². The lowest BCUT2D eigenvalue weighted by molar-refractivity contribution is 0.0695. The summed E-state index contributed by atoms with van der Waals surface area (Å²) in [6.45, 7) is 7.76. The van der Waals surface area contributed by atoms with Crippen molar-refractivity contribution in [2.75, 3.05) is 19.7 Å². The number of carbonyl (C=O) groups excluding carboxylic acids is 1. The minimum absolute atomic E-state index is 0.112. The van der Waals surface area contributed by atoms with E-state index >= 15 is 0 Å². The summed E-state index contributed by atoms with van der Waals surface area (Å²) in [5, 5.41) is 14.0. The highest BCUT2D eigenvalue weighted by molar-refractivity contribution is 5.88. The highest BCUT2D eigenvalue weighted by Gasteiger charge is 2.30. The number of aromatic nitrogens is 3. The quantitative estimate of drug-likeness (QED) is 0.215. The highest BCUT2D eigenvalue weighted by atomic mass is 16.6. The first-order valence-electron chi connectivity index (χ1n) is 16.0. The number of hydrogen-bond donors (Lipinski definition) is 1. The normalized spacial score (nSPS) is 16.4. The fourth-order valence-electron chi connectivity index (χ4n) is 6.88. The van der Waals surface area contributed by atoms with E-state index in [0.29, 0.717) is 43.5 Å². The van der Waals surface area contributed by atoms with Crippen LogP contribution in [0.4, 0.5) is 4.79 Å². The highest BCUT2D eigenvalue weighted by Crippen LogP contribution is 2.42. The van der Waals surface area contributed by atoms with E-state index in [9.17, 15) is 14.7 Å². The predicted molar refractivity (Wildman–Crippen MR) is 171 cm³/mol. The molecule has 3 heterocycles. The monoisotopic (exact) mass is 608 g/mol. The number of piperidine rings is 1. The van der Waals surface area contributed by atoms with Gasteiger partial charge in [-0.3, -0.25) is 0 Å². The van der Waals surface area contributed by atoms with Gasteiger partial charge in [0.05, 0.1) is 24.2 Å². The molecule has 1 N–H and O–H groups in total. The average Bonchev–Trinajstić information content (AvgIpc) is 3.69. The van der Waals surface area contributed by atoms with Crippen molar-refractivity contribution in [3.8, 4) is 22.8 Å². The Labute approximate surface area is 263 Å². The van der Waals surface area contributed by atoms with Crippen LogP contribution in [0.3, 0.4) is 0 Å². The van der Waals surface area contributed by atoms with Crippen molar-refractivity contribution in [1.29, 1.82) is 0 Å². The first-order chi connectivity index (χ1) is 21.9. The summed E-state index contributed by atoms with van der Waals surface area (Å²) in [6.07, 6.45) is 6.14. The van der Waals surface area contributed by atoms with Gasteiger partial charge in [0, 0.05) is 24.2 Å². The number of aromatic carboxylic acids is 1. The Kier molecular flexibility index (Phi) is 8.87. The molecular formula is C36H40N4O5. The fraction of sp³-hybridized carbons (Fsp3) is 0.389. The maximum absolute atomic E-state index is 12.2. The Morgan fingerprint density at radius 3 is 2.51 bits per heavy atom. The minimum atomic E-state index is -0.992. The summed E-state index contributed by atoms with van der Waals surface area (Å²) in [5.74, 6) is 0.862. The Bertz CT molecular complexity index is 1710. The first-order valence-corrected chi connectivity index (χ1v) is 16.0. The van der Waals surface area contributed by atoms with Crippen LogP contribution < -0.4 is 4.74 Å². The van der Waals surface area contributed by atoms with E-state index in [1.807, 2.05) is 36.9 Å². The molecule has 1 amide bonds. The van der Waals surface area contributed by atoms with Crippen LogP contribution in [0.2, 0.25) is 0 Å². The average molecular weight is 609 g/mol. The first kappa shape index (κ1) is 30.4. The van der Waals surface area contributed by atoms with Gasteiger partial charge in [0.2, 0.25) is 0 Å². The Balaban J connectivity index is 1.24. The Morgan fingerprint density at radius 2 is 1.78 bits per heavy atom. The fourth-order valence-corrected chi connectivity index (χ4v) is 6.88. The van der Waals surface area contributed by atoms with Crippen LogP contribution in [0.1, 0.15) is 90.4 Å². The summed E-state index contributed by atoms with van der Waals surface area (Å²) in [5.41, 5.74) is 7.66. The number of amides is 1. The summed E-state index contributed by atoms with van der Waals surface area (Å²) >= 11 is 0. The van der Waals surface area contributed by atoms with Crippen molar-refractivity contribution in [1.82, 2.24) is 19.7 Å². The molecule has 1 fully saturated rings. The molecule has 234 valence electrons. The van der Waals surface area contributed by atoms with Crippen LogP contribution in [0.25, 0.3) is 17.1 Å². The van der Waals surface area contributed by atoms with Crippen LogP contribution in [0.15, 0.2) is 60.8 Å². The zero-order valence-electron chi connectivity index (χ0n) is 26.2. The van der Waals surface area contributed by atoms with Crippen molar-refractivity contribution >= 4 is 12.1 Å². The number of nitrogens with zero attached hydrogens (tertiary/aromatic N) is 4. The molecule has 0 unspecified atom stereocenters. The molecule has 0 spiro atoms. The van der Waals surface area contributed by atoms with Gasteiger partial charge in [-0.2, -0.15) is 5.10 Å². The molecule has 45 heavy (non-hydrogen) atoms. The number of aryl methyl sites for hydroxylation is 2. The lowest BCUT2D eigenvalue weighted by Gasteiger charge is -2.32. The zero-order valence-corrected chi connectivity index (χ0v) is 26.2. The standard InChI is InChI=1S/C36H40N4O5/c1-4-23-21-26(14-15-27(23)24-17-19-39(20-18-24)36(43)44-6-3)45-32-16-13-25-9-7-10-28(34(25)32)30-11-8-12-33(38-30)40-31(5-2)29(22-37-40)35(41)42/h7-12,14-15,21-22,24,32H,4-6,13,16-20H2,1-3H3,(H,41,42)/t32-/m0/s1. The van der Waals surface area contributed by atoms with Crippen LogP contribution in [0, 0.1) is 0 Å². The number of carbonyl (C=O) groups is 2. The molecule has 4 aromatic rings. The van der Waals surface area contributed by atoms with Gasteiger partial charge >= 0.3 is 12.1 Å². The van der Waals surface area contributed by atoms with Crippen molar-refractivity contribution in [3.63, 3.8) is 0 Å². The van der Waals surface area contributed by atoms with Gasteiger partial charge in [0.1, 0.15) is 17.4 Å². The molecule has 0 radical (unpaired) electrons. The number of carboxylic acid groups (broad SMARTS) is 1. The number of benzene rings is 2. The molecule has 9 nitrogen and oxygen atoms in total. The van der Waals surface area contributed by atoms with Crippen LogP contribution in [-0.2, 0) is 24.0 Å². The molecule has 1 atom stereocenters. The summed E-state index contributed by atoms with van der Waals surface area (Å²) in [7, 11) is 0. The summed E-state index contributed by atoms with van der Waals surface area (Å²) in [4.78, 5) is 30.6. The van der Waals surface area contributed by atoms with Gasteiger partial charge in [0.25, 0.3) is 0 Å². The van der Waals surface area contributed by atoms with E-state index in [4.69, 9.17) is 14.5 Å². The molecule has 2 aromatic heterocycles. The van der Waals surface area contributed by atoms with Crippen LogP contribution in [-0.4, -0.2) is 56.5 Å². The lowest BCUT2D eigenvalue weighted by atomic mass is 9.86. The van der Waals surface area contributed by atoms with Crippen LogP contribution in [0.5, 0.6) is 5.75 Å². The van der Waals surface area contributed by atoms with E-state index in [0.717, 1.165) is 54.7 Å². The second kappa shape index (κ2) is 13.1. The number of carboxylic acids is 1. The summed E-state index contributed by atoms with van der Waals surface area (Å²) in [6, 6.07) is 18.6. The minimum Gasteiger partial charge on any atom is -0.486 e. The maximum Gasteiger partial charge on any atom is 0.409 e. The molecule has 0 bridgehead atoms. The van der Waals surface area contributed by atoms with Crippen molar-refractivity contribution < 1.29 is 24.2 Å². The third kappa shape index (κ3) is 6.03. The van der Waals surface area contributed by atoms with E-state index in [1.54, 1.807) is 4.68 Å². The topological polar surface area (TPSA) is 107 Å². The molecule has 6 rings (SSSR count). The third-order valence-electron chi connectivity index (χ3n) is 9.09. The van der Waals surface area contributed by atoms with E-state index in [-0.39, 0.29) is 17.8 Å². The smallest absolute Gasteiger partial charge is 0.409 e. The molecule has 1 aliphatic carbocycles. The third-order valence-corrected chi connectivity index (χ3v) is 9.09. The largest absolute Gasteiger partial charge is 0.486 e. The van der Waals surface area contributed by atoms with E-state index in [1.165, 1.54) is 22.9 Å². The molecule has 1 saturated heterocycles. The SMILES string of the molecule is CCOC(=O)N1CCC(c2ccc(O[C@H]3CCc4cccc(-c5cccc(-n6ncc(C(=O)O)c6CC)n5)c43)cc2CC)CC1. The van der Waals surface area contributed by atoms with Crippen molar-refractivity contribution in [2.24, 2.45) is 0 Å². The summed E-state index contributed by atoms with van der Waals surface area (Å²) < 4.78 is 13.5. The van der Waals surface area contributed by atoms with Crippen molar-refractivity contribution in [3.05, 3.63) is 94.3 Å².